The molecular formula is C15H21N3Se. The average molecular weight is 322 g/mol. The third kappa shape index (κ3) is 3.92. The number of hydrogen-bond donors (Lipinski definition) is 0. The molecular weight excluding hydrogens is 301 g/mol. The van der Waals surface area contributed by atoms with Crippen molar-refractivity contribution in [2.45, 2.75) is 38.6 Å². The van der Waals surface area contributed by atoms with Crippen LogP contribution in [0, 0.1) is 6.92 Å². The third-order valence-electron chi connectivity index (χ3n) is 2.70. The molecule has 1 heterocycles. The SMILES string of the molecule is Cc1ccc(C2=NN(C)C(=NC(C)(C)C)[Se]C2)cc1. The quantitative estimate of drug-likeness (QED) is 0.731. The molecule has 0 radical (unpaired) electrons. The fourth-order valence-electron chi connectivity index (χ4n) is 1.76. The van der Waals surface area contributed by atoms with E-state index in [9.17, 15) is 0 Å². The van der Waals surface area contributed by atoms with E-state index in [2.05, 4.69) is 57.1 Å². The topological polar surface area (TPSA) is 28.0 Å². The van der Waals surface area contributed by atoms with E-state index in [-0.39, 0.29) is 5.54 Å². The van der Waals surface area contributed by atoms with Gasteiger partial charge >= 0.3 is 121 Å². The minimum absolute atomic E-state index is 0.0256. The van der Waals surface area contributed by atoms with Gasteiger partial charge in [-0.3, -0.25) is 0 Å². The Morgan fingerprint density at radius 2 is 1.84 bits per heavy atom. The summed E-state index contributed by atoms with van der Waals surface area (Å²) < 4.78 is 1.14. The van der Waals surface area contributed by atoms with Gasteiger partial charge in [0.2, 0.25) is 0 Å². The number of aliphatic imine (C=N–C) groups is 1. The van der Waals surface area contributed by atoms with Crippen LogP contribution in [0.3, 0.4) is 0 Å². The first-order valence-electron chi connectivity index (χ1n) is 6.46. The number of hydrogen-bond acceptors (Lipinski definition) is 2. The first kappa shape index (κ1) is 14.3. The van der Waals surface area contributed by atoms with Crippen LogP contribution in [0.1, 0.15) is 31.9 Å². The summed E-state index contributed by atoms with van der Waals surface area (Å²) in [6.07, 6.45) is 0. The molecule has 1 aromatic carbocycles. The van der Waals surface area contributed by atoms with Crippen LogP contribution in [0.25, 0.3) is 0 Å². The molecule has 0 N–H and O–H groups in total. The number of rotatable bonds is 1. The summed E-state index contributed by atoms with van der Waals surface area (Å²) in [5.41, 5.74) is 3.67. The van der Waals surface area contributed by atoms with Crippen molar-refractivity contribution < 1.29 is 0 Å². The molecule has 102 valence electrons. The van der Waals surface area contributed by atoms with Crippen molar-refractivity contribution in [3.63, 3.8) is 0 Å². The Morgan fingerprint density at radius 3 is 2.37 bits per heavy atom. The molecule has 4 heteroatoms. The second-order valence-electron chi connectivity index (χ2n) is 5.79. The Bertz CT molecular complexity index is 509. The molecule has 0 amide bonds. The van der Waals surface area contributed by atoms with Crippen LogP contribution in [0.5, 0.6) is 0 Å². The minimum atomic E-state index is -0.0256. The van der Waals surface area contributed by atoms with Crippen molar-refractivity contribution in [3.05, 3.63) is 35.4 Å². The molecule has 1 aliphatic rings. The summed E-state index contributed by atoms with van der Waals surface area (Å²) in [7, 11) is 2.00. The molecule has 19 heavy (non-hydrogen) atoms. The molecule has 1 aromatic rings. The van der Waals surface area contributed by atoms with Crippen molar-refractivity contribution in [2.24, 2.45) is 10.1 Å². The van der Waals surface area contributed by atoms with E-state index in [4.69, 9.17) is 4.99 Å². The van der Waals surface area contributed by atoms with Crippen molar-refractivity contribution in [3.8, 4) is 0 Å². The summed E-state index contributed by atoms with van der Waals surface area (Å²) in [4.78, 5) is 4.75. The molecule has 0 bridgehead atoms. The summed E-state index contributed by atoms with van der Waals surface area (Å²) in [6.45, 7) is 8.49. The molecule has 2 rings (SSSR count). The Hall–Kier alpha value is -1.12. The summed E-state index contributed by atoms with van der Waals surface area (Å²) in [5, 5.41) is 7.65. The van der Waals surface area contributed by atoms with Gasteiger partial charge in [0.15, 0.2) is 0 Å². The van der Waals surface area contributed by atoms with Crippen LogP contribution < -0.4 is 0 Å². The van der Waals surface area contributed by atoms with Crippen LogP contribution >= 0.6 is 0 Å². The van der Waals surface area contributed by atoms with Crippen molar-refractivity contribution in [1.82, 2.24) is 5.01 Å². The van der Waals surface area contributed by atoms with Crippen LogP contribution in [-0.4, -0.2) is 43.0 Å². The van der Waals surface area contributed by atoms with E-state index in [1.807, 2.05) is 12.1 Å². The standard InChI is InChI=1S/C15H21N3Se/c1-11-6-8-12(9-7-11)13-10-19-14(18(5)17-13)16-15(2,3)4/h6-9H,10H2,1-5H3. The van der Waals surface area contributed by atoms with Gasteiger partial charge in [-0.25, -0.2) is 0 Å². The van der Waals surface area contributed by atoms with Crippen LogP contribution in [-0.2, 0) is 0 Å². The number of benzene rings is 1. The average Bonchev–Trinajstić information content (AvgIpc) is 2.31. The molecule has 3 nitrogen and oxygen atoms in total. The molecule has 0 saturated carbocycles. The van der Waals surface area contributed by atoms with Gasteiger partial charge < -0.3 is 0 Å². The number of hydrazone groups is 1. The van der Waals surface area contributed by atoms with E-state index < -0.39 is 0 Å². The Balaban J connectivity index is 2.22. The molecule has 0 spiro atoms. The van der Waals surface area contributed by atoms with Gasteiger partial charge in [0.05, 0.1) is 0 Å². The molecule has 0 saturated heterocycles. The first-order valence-corrected chi connectivity index (χ1v) is 8.53. The summed E-state index contributed by atoms with van der Waals surface area (Å²) in [5.74, 6) is 0. The number of amidine groups is 1. The van der Waals surface area contributed by atoms with Crippen molar-refractivity contribution >= 4 is 25.4 Å². The van der Waals surface area contributed by atoms with Crippen molar-refractivity contribution in [2.75, 3.05) is 7.05 Å². The fraction of sp³-hybridized carbons (Fsp3) is 0.467. The first-order chi connectivity index (χ1) is 8.85. The zero-order valence-electron chi connectivity index (χ0n) is 12.3. The van der Waals surface area contributed by atoms with Gasteiger partial charge in [0.1, 0.15) is 0 Å². The summed E-state index contributed by atoms with van der Waals surface area (Å²) >= 11 is 0.365. The zero-order chi connectivity index (χ0) is 14.0. The van der Waals surface area contributed by atoms with E-state index in [1.54, 1.807) is 0 Å². The second kappa shape index (κ2) is 5.48. The molecule has 0 aromatic heterocycles. The molecule has 1 aliphatic heterocycles. The predicted octanol–water partition coefficient (Wildman–Crippen LogP) is 2.92. The van der Waals surface area contributed by atoms with Crippen LogP contribution in [0.2, 0.25) is 5.32 Å². The van der Waals surface area contributed by atoms with Gasteiger partial charge in [-0.2, -0.15) is 0 Å². The molecule has 0 aliphatic carbocycles. The summed E-state index contributed by atoms with van der Waals surface area (Å²) in [6, 6.07) is 8.60. The monoisotopic (exact) mass is 323 g/mol. The third-order valence-corrected chi connectivity index (χ3v) is 4.87. The molecule has 0 fully saturated rings. The predicted molar refractivity (Wildman–Crippen MR) is 83.2 cm³/mol. The van der Waals surface area contributed by atoms with Crippen LogP contribution in [0.4, 0.5) is 0 Å². The van der Waals surface area contributed by atoms with E-state index >= 15 is 0 Å². The van der Waals surface area contributed by atoms with Gasteiger partial charge in [-0.15, -0.1) is 0 Å². The van der Waals surface area contributed by atoms with E-state index in [1.165, 1.54) is 16.8 Å². The van der Waals surface area contributed by atoms with E-state index in [0.29, 0.717) is 15.0 Å². The number of nitrogens with zero attached hydrogens (tertiary/aromatic N) is 3. The van der Waals surface area contributed by atoms with Gasteiger partial charge in [0.25, 0.3) is 0 Å². The Labute approximate surface area is 122 Å². The van der Waals surface area contributed by atoms with Gasteiger partial charge in [-0.05, 0) is 0 Å². The Morgan fingerprint density at radius 1 is 1.21 bits per heavy atom. The number of aryl methyl sites for hydroxylation is 1. The fourth-order valence-corrected chi connectivity index (χ4v) is 3.97. The maximum absolute atomic E-state index is 4.75. The van der Waals surface area contributed by atoms with Gasteiger partial charge in [-0.1, -0.05) is 0 Å². The van der Waals surface area contributed by atoms with Gasteiger partial charge in [0, 0.05) is 0 Å². The van der Waals surface area contributed by atoms with Crippen molar-refractivity contribution in [1.29, 1.82) is 0 Å². The normalized spacial score (nSPS) is 18.7. The molecule has 0 atom stereocenters. The Kier molecular flexibility index (Phi) is 4.12. The van der Waals surface area contributed by atoms with Crippen LogP contribution in [0.15, 0.2) is 34.4 Å². The van der Waals surface area contributed by atoms with E-state index in [0.717, 1.165) is 10.1 Å². The molecule has 0 unspecified atom stereocenters. The zero-order valence-corrected chi connectivity index (χ0v) is 14.0. The second-order valence-corrected chi connectivity index (χ2v) is 7.77. The maximum atomic E-state index is 4.75.